The second kappa shape index (κ2) is 6.72. The Morgan fingerprint density at radius 2 is 1.88 bits per heavy atom. The minimum atomic E-state index is 0.772. The highest BCUT2D eigenvalue weighted by Gasteiger charge is 2.13. The third-order valence-electron chi connectivity index (χ3n) is 4.11. The van der Waals surface area contributed by atoms with Crippen LogP contribution >= 0.6 is 11.8 Å². The van der Waals surface area contributed by atoms with Crippen LogP contribution in [0.15, 0.2) is 60.0 Å². The molecule has 1 aromatic carbocycles. The van der Waals surface area contributed by atoms with Gasteiger partial charge in [-0.2, -0.15) is 0 Å². The second-order valence-electron chi connectivity index (χ2n) is 5.90. The fourth-order valence-corrected chi connectivity index (χ4v) is 3.68. The maximum atomic E-state index is 4.64. The minimum absolute atomic E-state index is 0.772. The van der Waals surface area contributed by atoms with Crippen molar-refractivity contribution in [2.45, 2.75) is 31.3 Å². The number of nitrogens with zero attached hydrogens (tertiary/aromatic N) is 5. The molecule has 6 heteroatoms. The van der Waals surface area contributed by atoms with Gasteiger partial charge in [-0.05, 0) is 26.0 Å². The van der Waals surface area contributed by atoms with E-state index in [4.69, 9.17) is 0 Å². The summed E-state index contributed by atoms with van der Waals surface area (Å²) in [5.41, 5.74) is 4.35. The van der Waals surface area contributed by atoms with Crippen LogP contribution < -0.4 is 0 Å². The van der Waals surface area contributed by atoms with Crippen molar-refractivity contribution >= 4 is 17.4 Å². The number of rotatable bonds is 5. The van der Waals surface area contributed by atoms with E-state index in [1.807, 2.05) is 28.8 Å². The first-order valence-electron chi connectivity index (χ1n) is 8.30. The third-order valence-corrected chi connectivity index (χ3v) is 5.11. The van der Waals surface area contributed by atoms with Gasteiger partial charge in [0, 0.05) is 30.3 Å². The second-order valence-corrected chi connectivity index (χ2v) is 6.85. The van der Waals surface area contributed by atoms with Crippen molar-refractivity contribution in [1.82, 2.24) is 24.1 Å². The lowest BCUT2D eigenvalue weighted by atomic mass is 10.1. The molecule has 0 amide bonds. The van der Waals surface area contributed by atoms with Crippen LogP contribution in [0.4, 0.5) is 0 Å². The Kier molecular flexibility index (Phi) is 4.28. The summed E-state index contributed by atoms with van der Waals surface area (Å²) < 4.78 is 4.20. The van der Waals surface area contributed by atoms with Crippen molar-refractivity contribution in [3.05, 3.63) is 66.1 Å². The van der Waals surface area contributed by atoms with Crippen LogP contribution in [0, 0.1) is 6.92 Å². The molecule has 0 bridgehead atoms. The number of hydrogen-bond donors (Lipinski definition) is 0. The van der Waals surface area contributed by atoms with Crippen molar-refractivity contribution in [3.63, 3.8) is 0 Å². The first kappa shape index (κ1) is 15.9. The number of hydrogen-bond acceptors (Lipinski definition) is 4. The summed E-state index contributed by atoms with van der Waals surface area (Å²) >= 11 is 1.67. The van der Waals surface area contributed by atoms with Gasteiger partial charge in [0.1, 0.15) is 5.65 Å². The molecule has 25 heavy (non-hydrogen) atoms. The van der Waals surface area contributed by atoms with Gasteiger partial charge in [-0.3, -0.25) is 0 Å². The minimum Gasteiger partial charge on any atom is -0.307 e. The predicted octanol–water partition coefficient (Wildman–Crippen LogP) is 4.21. The number of thioether (sulfide) groups is 1. The molecule has 126 valence electrons. The molecule has 0 saturated heterocycles. The number of aryl methyl sites for hydroxylation is 1. The van der Waals surface area contributed by atoms with Crippen LogP contribution in [0.2, 0.25) is 0 Å². The van der Waals surface area contributed by atoms with E-state index in [1.54, 1.807) is 11.8 Å². The van der Waals surface area contributed by atoms with Gasteiger partial charge in [-0.25, -0.2) is 4.98 Å². The highest BCUT2D eigenvalue weighted by Crippen LogP contribution is 2.26. The number of pyridine rings is 1. The molecular formula is C19H19N5S. The van der Waals surface area contributed by atoms with Crippen molar-refractivity contribution in [2.75, 3.05) is 0 Å². The molecule has 0 fully saturated rings. The van der Waals surface area contributed by atoms with Crippen LogP contribution in [0.1, 0.15) is 18.2 Å². The van der Waals surface area contributed by atoms with Crippen molar-refractivity contribution in [2.24, 2.45) is 0 Å². The van der Waals surface area contributed by atoms with E-state index in [0.29, 0.717) is 0 Å². The van der Waals surface area contributed by atoms with E-state index in [0.717, 1.165) is 40.2 Å². The third kappa shape index (κ3) is 3.17. The Bertz CT molecular complexity index is 967. The lowest BCUT2D eigenvalue weighted by Gasteiger charge is -2.07. The zero-order valence-electron chi connectivity index (χ0n) is 14.3. The smallest absolute Gasteiger partial charge is 0.191 e. The van der Waals surface area contributed by atoms with Crippen LogP contribution in [-0.4, -0.2) is 24.1 Å². The van der Waals surface area contributed by atoms with Crippen LogP contribution in [0.3, 0.4) is 0 Å². The van der Waals surface area contributed by atoms with Crippen LogP contribution in [-0.2, 0) is 12.3 Å². The standard InChI is InChI=1S/C19H19N5S/c1-3-24-18(15-9-7-14(2)8-10-15)21-22-19(24)25-13-16-12-23-11-5-4-6-17(23)20-16/h4-12H,3,13H2,1-2H3. The van der Waals surface area contributed by atoms with Gasteiger partial charge < -0.3 is 8.97 Å². The van der Waals surface area contributed by atoms with Crippen molar-refractivity contribution in [3.8, 4) is 11.4 Å². The van der Waals surface area contributed by atoms with E-state index in [2.05, 4.69) is 64.1 Å². The molecule has 0 radical (unpaired) electrons. The number of benzene rings is 1. The van der Waals surface area contributed by atoms with E-state index in [9.17, 15) is 0 Å². The lowest BCUT2D eigenvalue weighted by molar-refractivity contribution is 0.687. The molecule has 0 N–H and O–H groups in total. The van der Waals surface area contributed by atoms with Crippen molar-refractivity contribution in [1.29, 1.82) is 0 Å². The summed E-state index contributed by atoms with van der Waals surface area (Å²) in [6.07, 6.45) is 4.08. The first-order valence-corrected chi connectivity index (χ1v) is 9.29. The summed E-state index contributed by atoms with van der Waals surface area (Å²) in [6, 6.07) is 14.4. The van der Waals surface area contributed by atoms with Crippen LogP contribution in [0.25, 0.3) is 17.0 Å². The summed E-state index contributed by atoms with van der Waals surface area (Å²) in [5.74, 6) is 1.69. The van der Waals surface area contributed by atoms with Gasteiger partial charge in [-0.15, -0.1) is 10.2 Å². The van der Waals surface area contributed by atoms with Gasteiger partial charge in [0.2, 0.25) is 0 Å². The van der Waals surface area contributed by atoms with Gasteiger partial charge in [0.05, 0.1) is 5.69 Å². The fourth-order valence-electron chi connectivity index (χ4n) is 2.79. The topological polar surface area (TPSA) is 48.0 Å². The molecule has 4 rings (SSSR count). The maximum absolute atomic E-state index is 4.64. The van der Waals surface area contributed by atoms with Crippen LogP contribution in [0.5, 0.6) is 0 Å². The summed E-state index contributed by atoms with van der Waals surface area (Å²) in [6.45, 7) is 5.05. The zero-order valence-corrected chi connectivity index (χ0v) is 15.1. The molecule has 5 nitrogen and oxygen atoms in total. The van der Waals surface area contributed by atoms with E-state index in [1.165, 1.54) is 5.56 Å². The first-order chi connectivity index (χ1) is 12.2. The number of aromatic nitrogens is 5. The molecule has 3 heterocycles. The molecular weight excluding hydrogens is 330 g/mol. The zero-order chi connectivity index (χ0) is 17.2. The molecule has 0 unspecified atom stereocenters. The monoisotopic (exact) mass is 349 g/mol. The Labute approximate surface area is 150 Å². The predicted molar refractivity (Wildman–Crippen MR) is 101 cm³/mol. The van der Waals surface area contributed by atoms with E-state index >= 15 is 0 Å². The number of fused-ring (bicyclic) bond motifs is 1. The van der Waals surface area contributed by atoms with Gasteiger partial charge in [0.15, 0.2) is 11.0 Å². The lowest BCUT2D eigenvalue weighted by Crippen LogP contribution is -2.00. The Morgan fingerprint density at radius 3 is 2.64 bits per heavy atom. The summed E-state index contributed by atoms with van der Waals surface area (Å²) in [4.78, 5) is 4.64. The van der Waals surface area contributed by atoms with Gasteiger partial charge in [0.25, 0.3) is 0 Å². The van der Waals surface area contributed by atoms with Gasteiger partial charge in [-0.1, -0.05) is 47.7 Å². The normalized spacial score (nSPS) is 11.3. The SMILES string of the molecule is CCn1c(SCc2cn3ccccc3n2)nnc1-c1ccc(C)cc1. The molecule has 0 spiro atoms. The van der Waals surface area contributed by atoms with Gasteiger partial charge >= 0.3 is 0 Å². The largest absolute Gasteiger partial charge is 0.307 e. The molecule has 3 aromatic heterocycles. The number of imidazole rings is 1. The van der Waals surface area contributed by atoms with E-state index < -0.39 is 0 Å². The average Bonchev–Trinajstić information content (AvgIpc) is 3.23. The highest BCUT2D eigenvalue weighted by atomic mass is 32.2. The molecule has 0 saturated carbocycles. The molecule has 0 aliphatic rings. The molecule has 0 atom stereocenters. The molecule has 0 aliphatic heterocycles. The average molecular weight is 349 g/mol. The molecule has 0 aliphatic carbocycles. The fraction of sp³-hybridized carbons (Fsp3) is 0.211. The Balaban J connectivity index is 1.57. The molecule has 4 aromatic rings. The van der Waals surface area contributed by atoms with Crippen molar-refractivity contribution < 1.29 is 0 Å². The Morgan fingerprint density at radius 1 is 1.04 bits per heavy atom. The maximum Gasteiger partial charge on any atom is 0.191 e. The highest BCUT2D eigenvalue weighted by molar-refractivity contribution is 7.98. The Hall–Kier alpha value is -2.60. The summed E-state index contributed by atoms with van der Waals surface area (Å²) in [5, 5.41) is 9.73. The summed E-state index contributed by atoms with van der Waals surface area (Å²) in [7, 11) is 0. The van der Waals surface area contributed by atoms with E-state index in [-0.39, 0.29) is 0 Å². The quantitative estimate of drug-likeness (QED) is 0.506.